The lowest BCUT2D eigenvalue weighted by Crippen LogP contribution is -2.09. The fourth-order valence-electron chi connectivity index (χ4n) is 2.16. The van der Waals surface area contributed by atoms with Gasteiger partial charge in [0.2, 0.25) is 0 Å². The van der Waals surface area contributed by atoms with Gasteiger partial charge in [-0.05, 0) is 41.9 Å². The molecule has 1 aromatic carbocycles. The van der Waals surface area contributed by atoms with E-state index in [1.807, 2.05) is 29.8 Å². The zero-order chi connectivity index (χ0) is 15.4. The third kappa shape index (κ3) is 3.32. The average molecular weight is 354 g/mol. The summed E-state index contributed by atoms with van der Waals surface area (Å²) in [7, 11) is 3.29. The van der Waals surface area contributed by atoms with Gasteiger partial charge in [-0.15, -0.1) is 0 Å². The highest BCUT2D eigenvalue weighted by atomic mass is 79.9. The van der Waals surface area contributed by atoms with Crippen molar-refractivity contribution >= 4 is 21.6 Å². The minimum atomic E-state index is 0.665. The van der Waals surface area contributed by atoms with Crippen LogP contribution in [0.25, 0.3) is 0 Å². The van der Waals surface area contributed by atoms with E-state index in [9.17, 15) is 0 Å². The molecule has 0 bridgehead atoms. The Kier molecular flexibility index (Phi) is 5.12. The second kappa shape index (κ2) is 6.85. The van der Waals surface area contributed by atoms with Crippen molar-refractivity contribution < 1.29 is 9.47 Å². The number of halogens is 1. The van der Waals surface area contributed by atoms with Crippen LogP contribution in [0.1, 0.15) is 18.3 Å². The van der Waals surface area contributed by atoms with E-state index in [-0.39, 0.29) is 0 Å². The van der Waals surface area contributed by atoms with E-state index >= 15 is 0 Å². The van der Waals surface area contributed by atoms with E-state index in [1.54, 1.807) is 14.2 Å². The van der Waals surface area contributed by atoms with Gasteiger partial charge in [-0.25, -0.2) is 0 Å². The molecule has 0 spiro atoms. The van der Waals surface area contributed by atoms with Gasteiger partial charge >= 0.3 is 0 Å². The molecule has 21 heavy (non-hydrogen) atoms. The fraction of sp³-hybridized carbons (Fsp3) is 0.400. The van der Waals surface area contributed by atoms with Gasteiger partial charge in [0.1, 0.15) is 11.5 Å². The van der Waals surface area contributed by atoms with Gasteiger partial charge in [-0.2, -0.15) is 5.10 Å². The minimum Gasteiger partial charge on any atom is -0.497 e. The van der Waals surface area contributed by atoms with Gasteiger partial charge in [0.05, 0.1) is 42.3 Å². The predicted octanol–water partition coefficient (Wildman–Crippen LogP) is 3.60. The van der Waals surface area contributed by atoms with Crippen LogP contribution in [0.5, 0.6) is 11.5 Å². The van der Waals surface area contributed by atoms with Crippen molar-refractivity contribution in [1.82, 2.24) is 9.78 Å². The van der Waals surface area contributed by atoms with Crippen molar-refractivity contribution in [3.05, 3.63) is 34.1 Å². The van der Waals surface area contributed by atoms with Crippen molar-refractivity contribution in [1.29, 1.82) is 0 Å². The van der Waals surface area contributed by atoms with Crippen molar-refractivity contribution in [2.24, 2.45) is 0 Å². The maximum atomic E-state index is 5.39. The van der Waals surface area contributed by atoms with Gasteiger partial charge in [0, 0.05) is 12.6 Å². The quantitative estimate of drug-likeness (QED) is 0.861. The molecule has 0 aliphatic carbocycles. The van der Waals surface area contributed by atoms with E-state index in [0.29, 0.717) is 6.54 Å². The molecule has 0 saturated heterocycles. The van der Waals surface area contributed by atoms with Crippen LogP contribution in [0.3, 0.4) is 0 Å². The highest BCUT2D eigenvalue weighted by Crippen LogP contribution is 2.30. The van der Waals surface area contributed by atoms with Crippen LogP contribution in [0.4, 0.5) is 5.69 Å². The standard InChI is InChI=1S/C15H20BrN3O2/c1-5-19-13(15(16)10(2)18-19)9-17-12-7-6-11(20-3)8-14(12)21-4/h6-8,17H,5,9H2,1-4H3. The fourth-order valence-corrected chi connectivity index (χ4v) is 2.59. The van der Waals surface area contributed by atoms with Crippen LogP contribution >= 0.6 is 15.9 Å². The summed E-state index contributed by atoms with van der Waals surface area (Å²) >= 11 is 3.60. The Morgan fingerprint density at radius 1 is 1.29 bits per heavy atom. The third-order valence-corrected chi connectivity index (χ3v) is 4.34. The van der Waals surface area contributed by atoms with Gasteiger partial charge in [0.25, 0.3) is 0 Å². The van der Waals surface area contributed by atoms with E-state index in [4.69, 9.17) is 9.47 Å². The Bertz CT molecular complexity index is 626. The molecule has 1 aromatic heterocycles. The summed E-state index contributed by atoms with van der Waals surface area (Å²) in [6.45, 7) is 5.57. The van der Waals surface area contributed by atoms with Crippen molar-refractivity contribution in [2.75, 3.05) is 19.5 Å². The molecule has 0 aliphatic heterocycles. The summed E-state index contributed by atoms with van der Waals surface area (Å²) in [4.78, 5) is 0. The molecule has 0 aliphatic rings. The van der Waals surface area contributed by atoms with Crippen LogP contribution in [-0.4, -0.2) is 24.0 Å². The number of hydrogen-bond donors (Lipinski definition) is 1. The van der Waals surface area contributed by atoms with E-state index in [0.717, 1.165) is 39.6 Å². The number of nitrogens with zero attached hydrogens (tertiary/aromatic N) is 2. The van der Waals surface area contributed by atoms with Crippen LogP contribution in [-0.2, 0) is 13.1 Å². The molecular formula is C15H20BrN3O2. The highest BCUT2D eigenvalue weighted by Gasteiger charge is 2.13. The molecule has 1 N–H and O–H groups in total. The molecule has 0 radical (unpaired) electrons. The van der Waals surface area contributed by atoms with Crippen molar-refractivity contribution in [2.45, 2.75) is 26.9 Å². The zero-order valence-corrected chi connectivity index (χ0v) is 14.3. The predicted molar refractivity (Wildman–Crippen MR) is 87.2 cm³/mol. The first-order valence-electron chi connectivity index (χ1n) is 6.78. The van der Waals surface area contributed by atoms with Crippen LogP contribution in [0, 0.1) is 6.92 Å². The monoisotopic (exact) mass is 353 g/mol. The van der Waals surface area contributed by atoms with Crippen molar-refractivity contribution in [3.8, 4) is 11.5 Å². The Morgan fingerprint density at radius 3 is 2.67 bits per heavy atom. The number of methoxy groups -OCH3 is 2. The van der Waals surface area contributed by atoms with Gasteiger partial charge in [-0.1, -0.05) is 0 Å². The maximum absolute atomic E-state index is 5.39. The maximum Gasteiger partial charge on any atom is 0.145 e. The van der Waals surface area contributed by atoms with Crippen LogP contribution in [0.15, 0.2) is 22.7 Å². The molecule has 0 unspecified atom stereocenters. The Balaban J connectivity index is 2.20. The SMILES string of the molecule is CCn1nc(C)c(Br)c1CNc1ccc(OC)cc1OC. The number of ether oxygens (including phenoxy) is 2. The average Bonchev–Trinajstić information content (AvgIpc) is 2.79. The second-order valence-electron chi connectivity index (χ2n) is 4.58. The molecule has 1 heterocycles. The van der Waals surface area contributed by atoms with E-state index < -0.39 is 0 Å². The molecule has 2 aromatic rings. The number of benzene rings is 1. The molecule has 0 fully saturated rings. The molecule has 114 valence electrons. The van der Waals surface area contributed by atoms with Gasteiger partial charge in [0.15, 0.2) is 0 Å². The Morgan fingerprint density at radius 2 is 2.05 bits per heavy atom. The van der Waals surface area contributed by atoms with Crippen LogP contribution in [0.2, 0.25) is 0 Å². The first kappa shape index (κ1) is 15.7. The molecule has 0 saturated carbocycles. The summed E-state index contributed by atoms with van der Waals surface area (Å²) in [6.07, 6.45) is 0. The number of hydrogen-bond acceptors (Lipinski definition) is 4. The number of anilines is 1. The first-order chi connectivity index (χ1) is 10.1. The lowest BCUT2D eigenvalue weighted by atomic mass is 10.2. The van der Waals surface area contributed by atoms with Gasteiger partial charge in [-0.3, -0.25) is 4.68 Å². The number of nitrogens with one attached hydrogen (secondary N) is 1. The third-order valence-electron chi connectivity index (χ3n) is 3.31. The second-order valence-corrected chi connectivity index (χ2v) is 5.37. The zero-order valence-electron chi connectivity index (χ0n) is 12.7. The largest absolute Gasteiger partial charge is 0.497 e. The number of aryl methyl sites for hydroxylation is 2. The Labute approximate surface area is 133 Å². The highest BCUT2D eigenvalue weighted by molar-refractivity contribution is 9.10. The summed E-state index contributed by atoms with van der Waals surface area (Å²) in [5.74, 6) is 1.53. The first-order valence-corrected chi connectivity index (χ1v) is 7.57. The summed E-state index contributed by atoms with van der Waals surface area (Å²) in [6, 6.07) is 5.72. The van der Waals surface area contributed by atoms with Gasteiger partial charge < -0.3 is 14.8 Å². The minimum absolute atomic E-state index is 0.665. The van der Waals surface area contributed by atoms with E-state index in [1.165, 1.54) is 0 Å². The summed E-state index contributed by atoms with van der Waals surface area (Å²) in [5.41, 5.74) is 3.04. The van der Waals surface area contributed by atoms with Crippen molar-refractivity contribution in [3.63, 3.8) is 0 Å². The Hall–Kier alpha value is -1.69. The normalized spacial score (nSPS) is 10.5. The summed E-state index contributed by atoms with van der Waals surface area (Å²) in [5, 5.41) is 7.88. The molecule has 0 amide bonds. The van der Waals surface area contributed by atoms with E-state index in [2.05, 4.69) is 33.3 Å². The topological polar surface area (TPSA) is 48.3 Å². The van der Waals surface area contributed by atoms with Crippen LogP contribution < -0.4 is 14.8 Å². The molecule has 2 rings (SSSR count). The molecular weight excluding hydrogens is 334 g/mol. The molecule has 5 nitrogen and oxygen atoms in total. The lowest BCUT2D eigenvalue weighted by Gasteiger charge is -2.13. The smallest absolute Gasteiger partial charge is 0.145 e. The lowest BCUT2D eigenvalue weighted by molar-refractivity contribution is 0.395. The summed E-state index contributed by atoms with van der Waals surface area (Å²) < 4.78 is 13.6. The molecule has 6 heteroatoms. The number of rotatable bonds is 6. The molecule has 0 atom stereocenters. The number of aromatic nitrogens is 2.